The Morgan fingerprint density at radius 1 is 0.911 bits per heavy atom. The Kier molecular flexibility index (Phi) is 13.4. The maximum Gasteiger partial charge on any atom is 0.425 e. The van der Waals surface area contributed by atoms with Gasteiger partial charge in [0.05, 0.1) is 5.56 Å². The van der Waals surface area contributed by atoms with Gasteiger partial charge in [0.25, 0.3) is 0 Å². The first-order chi connectivity index (χ1) is 21.4. The number of carbonyl (C=O) groups is 2. The maximum absolute atomic E-state index is 16.0. The van der Waals surface area contributed by atoms with Gasteiger partial charge < -0.3 is 9.84 Å². The van der Waals surface area contributed by atoms with Crippen molar-refractivity contribution in [2.45, 2.75) is 115 Å². The highest BCUT2D eigenvalue weighted by Crippen LogP contribution is 2.43. The van der Waals surface area contributed by atoms with Gasteiger partial charge in [-0.3, -0.25) is 4.79 Å². The summed E-state index contributed by atoms with van der Waals surface area (Å²) in [6.45, 7) is 5.72. The molecule has 0 aromatic heterocycles. The molecule has 246 valence electrons. The van der Waals surface area contributed by atoms with Crippen LogP contribution in [0.4, 0.5) is 17.6 Å². The highest BCUT2D eigenvalue weighted by molar-refractivity contribution is 5.97. The number of allylic oxidation sites excluding steroid dienone is 2. The molecule has 3 unspecified atom stereocenters. The topological polar surface area (TPSA) is 63.6 Å². The van der Waals surface area contributed by atoms with Gasteiger partial charge in [0.2, 0.25) is 0 Å². The summed E-state index contributed by atoms with van der Waals surface area (Å²) in [5.74, 6) is -4.59. The number of aryl methyl sites for hydroxylation is 1. The van der Waals surface area contributed by atoms with E-state index in [1.807, 2.05) is 24.3 Å². The van der Waals surface area contributed by atoms with Crippen LogP contribution in [0, 0.1) is 5.92 Å². The first-order valence-electron chi connectivity index (χ1n) is 16.2. The fourth-order valence-electron chi connectivity index (χ4n) is 5.73. The van der Waals surface area contributed by atoms with E-state index in [0.29, 0.717) is 0 Å². The van der Waals surface area contributed by atoms with E-state index >= 15 is 4.39 Å². The molecule has 0 bridgehead atoms. The molecule has 8 heteroatoms. The van der Waals surface area contributed by atoms with E-state index in [1.165, 1.54) is 80.9 Å². The minimum absolute atomic E-state index is 0.0539. The van der Waals surface area contributed by atoms with Crippen LogP contribution in [0.15, 0.2) is 72.6 Å². The normalized spacial score (nSPS) is 18.9. The fourth-order valence-corrected chi connectivity index (χ4v) is 5.73. The van der Waals surface area contributed by atoms with Crippen molar-refractivity contribution in [3.8, 4) is 0 Å². The predicted molar refractivity (Wildman–Crippen MR) is 169 cm³/mol. The van der Waals surface area contributed by atoms with E-state index in [0.717, 1.165) is 24.5 Å². The van der Waals surface area contributed by atoms with E-state index in [9.17, 15) is 27.9 Å². The number of carboxylic acids is 1. The lowest BCUT2D eigenvalue weighted by molar-refractivity contribution is -0.206. The minimum atomic E-state index is -4.81. The molecule has 1 N–H and O–H groups in total. The zero-order chi connectivity index (χ0) is 33.0. The fraction of sp³-hybridized carbons (Fsp3) is 0.514. The molecule has 3 atom stereocenters. The number of carboxylic acid groups (broad SMARTS) is 1. The number of halogens is 4. The van der Waals surface area contributed by atoms with Crippen LogP contribution in [0.2, 0.25) is 0 Å². The molecule has 2 aromatic carbocycles. The highest BCUT2D eigenvalue weighted by atomic mass is 19.4. The molecule has 45 heavy (non-hydrogen) atoms. The average Bonchev–Trinajstić information content (AvgIpc) is 3.00. The number of hydrogen-bond donors (Lipinski definition) is 1. The summed E-state index contributed by atoms with van der Waals surface area (Å²) >= 11 is 0. The van der Waals surface area contributed by atoms with Gasteiger partial charge in [-0.2, -0.15) is 13.2 Å². The number of benzene rings is 2. The molecule has 4 nitrogen and oxygen atoms in total. The van der Waals surface area contributed by atoms with E-state index in [1.54, 1.807) is 19.9 Å². The summed E-state index contributed by atoms with van der Waals surface area (Å²) < 4.78 is 61.9. The first-order valence-corrected chi connectivity index (χ1v) is 16.2. The second kappa shape index (κ2) is 16.8. The number of rotatable bonds is 17. The third-order valence-electron chi connectivity index (χ3n) is 8.47. The third-order valence-corrected chi connectivity index (χ3v) is 8.47. The van der Waals surface area contributed by atoms with Crippen LogP contribution in [0.1, 0.15) is 118 Å². The molecule has 0 fully saturated rings. The van der Waals surface area contributed by atoms with Crippen molar-refractivity contribution < 1.29 is 37.0 Å². The second-order valence-electron chi connectivity index (χ2n) is 12.4. The van der Waals surface area contributed by atoms with Gasteiger partial charge in [-0.25, -0.2) is 9.18 Å². The number of aliphatic carboxylic acids is 1. The molecule has 0 spiro atoms. The van der Waals surface area contributed by atoms with E-state index in [4.69, 9.17) is 4.74 Å². The smallest absolute Gasteiger partial charge is 0.425 e. The molecule has 0 saturated carbocycles. The van der Waals surface area contributed by atoms with Gasteiger partial charge in [0, 0.05) is 5.92 Å². The molecule has 0 amide bonds. The second-order valence-corrected chi connectivity index (χ2v) is 12.4. The average molecular weight is 631 g/mol. The first kappa shape index (κ1) is 36.1. The van der Waals surface area contributed by atoms with Crippen LogP contribution >= 0.6 is 0 Å². The standard InChI is InChI=1S/C37H46F4O4/c1-4-5-6-7-8-9-10-11-14-27-18-20-28(21-19-27)29-23-24-36(35(43)44,32(38)25-29)31-16-13-12-15-30(31)34(42)45-33(37(39,40)41)22-17-26(2)3/h12-13,15-16,18-21,23-26,29,33H,4-11,14,17,22H2,1-3H3,(H,43,44). The Labute approximate surface area is 264 Å². The van der Waals surface area contributed by atoms with Crippen LogP contribution in [0.3, 0.4) is 0 Å². The zero-order valence-electron chi connectivity index (χ0n) is 26.5. The lowest BCUT2D eigenvalue weighted by Crippen LogP contribution is -2.39. The van der Waals surface area contributed by atoms with Gasteiger partial charge in [0.1, 0.15) is 5.83 Å². The number of ether oxygens (including phenoxy) is 1. The highest BCUT2D eigenvalue weighted by Gasteiger charge is 2.48. The van der Waals surface area contributed by atoms with Crippen LogP contribution in [-0.4, -0.2) is 29.3 Å². The largest absolute Gasteiger partial charge is 0.480 e. The molecular formula is C37H46F4O4. The Hall–Kier alpha value is -3.42. The van der Waals surface area contributed by atoms with Gasteiger partial charge in [-0.15, -0.1) is 0 Å². The van der Waals surface area contributed by atoms with Crippen LogP contribution < -0.4 is 0 Å². The van der Waals surface area contributed by atoms with E-state index < -0.39 is 53.4 Å². The zero-order valence-corrected chi connectivity index (χ0v) is 26.5. The summed E-state index contributed by atoms with van der Waals surface area (Å²) in [5.41, 5.74) is -1.18. The van der Waals surface area contributed by atoms with Crippen molar-refractivity contribution in [1.82, 2.24) is 0 Å². The molecule has 0 heterocycles. The Bertz CT molecular complexity index is 1310. The monoisotopic (exact) mass is 630 g/mol. The number of carbonyl (C=O) groups excluding carboxylic acids is 1. The van der Waals surface area contributed by atoms with Gasteiger partial charge in [0.15, 0.2) is 11.5 Å². The van der Waals surface area contributed by atoms with Crippen LogP contribution in [0.5, 0.6) is 0 Å². The molecule has 3 rings (SSSR count). The summed E-state index contributed by atoms with van der Waals surface area (Å²) in [6.07, 6.45) is 7.30. The SMILES string of the molecule is CCCCCCCCCCc1ccc(C2C=CC(C(=O)O)(c3ccccc3C(=O)OC(CCC(C)C)C(F)(F)F)C(F)=C2)cc1. The van der Waals surface area contributed by atoms with E-state index in [-0.39, 0.29) is 17.9 Å². The Morgan fingerprint density at radius 3 is 2.11 bits per heavy atom. The van der Waals surface area contributed by atoms with Crippen LogP contribution in [-0.2, 0) is 21.4 Å². The van der Waals surface area contributed by atoms with Crippen molar-refractivity contribution in [2.75, 3.05) is 0 Å². The molecule has 0 saturated heterocycles. The summed E-state index contributed by atoms with van der Waals surface area (Å²) in [4.78, 5) is 25.7. The summed E-state index contributed by atoms with van der Waals surface area (Å²) in [5, 5.41) is 10.3. The van der Waals surface area contributed by atoms with Crippen LogP contribution in [0.25, 0.3) is 0 Å². The molecule has 0 aliphatic heterocycles. The van der Waals surface area contributed by atoms with Crippen molar-refractivity contribution in [1.29, 1.82) is 0 Å². The molecular weight excluding hydrogens is 584 g/mol. The van der Waals surface area contributed by atoms with Crippen molar-refractivity contribution >= 4 is 11.9 Å². The molecule has 0 radical (unpaired) electrons. The Balaban J connectivity index is 1.75. The number of alkyl halides is 3. The lowest BCUT2D eigenvalue weighted by Gasteiger charge is -2.31. The van der Waals surface area contributed by atoms with Crippen molar-refractivity contribution in [3.63, 3.8) is 0 Å². The number of unbranched alkanes of at least 4 members (excludes halogenated alkanes) is 7. The van der Waals surface area contributed by atoms with Gasteiger partial charge in [-0.1, -0.05) is 120 Å². The molecule has 1 aliphatic rings. The van der Waals surface area contributed by atoms with Gasteiger partial charge in [-0.05, 0) is 60.4 Å². The van der Waals surface area contributed by atoms with Crippen molar-refractivity contribution in [3.05, 3.63) is 94.8 Å². The summed E-state index contributed by atoms with van der Waals surface area (Å²) in [7, 11) is 0. The Morgan fingerprint density at radius 2 is 1.53 bits per heavy atom. The molecule has 2 aromatic rings. The minimum Gasteiger partial charge on any atom is -0.480 e. The van der Waals surface area contributed by atoms with Gasteiger partial charge >= 0.3 is 18.1 Å². The maximum atomic E-state index is 16.0. The third kappa shape index (κ3) is 9.78. The lowest BCUT2D eigenvalue weighted by atomic mass is 9.72. The molecule has 1 aliphatic carbocycles. The summed E-state index contributed by atoms with van der Waals surface area (Å²) in [6, 6.07) is 13.0. The number of hydrogen-bond acceptors (Lipinski definition) is 3. The quantitative estimate of drug-likeness (QED) is 0.0818. The predicted octanol–water partition coefficient (Wildman–Crippen LogP) is 10.4. The van der Waals surface area contributed by atoms with Crippen molar-refractivity contribution in [2.24, 2.45) is 5.92 Å². The number of esters is 1. The van der Waals surface area contributed by atoms with E-state index in [2.05, 4.69) is 6.92 Å².